The van der Waals surface area contributed by atoms with Crippen molar-refractivity contribution in [1.82, 2.24) is 0 Å². The maximum Gasteiger partial charge on any atom is 0.167 e. The molecule has 0 spiro atoms. The van der Waals surface area contributed by atoms with Gasteiger partial charge in [-0.15, -0.1) is 0 Å². The van der Waals surface area contributed by atoms with E-state index < -0.39 is 11.4 Å². The van der Waals surface area contributed by atoms with Crippen LogP contribution in [-0.4, -0.2) is 29.1 Å². The zero-order valence-electron chi connectivity index (χ0n) is 18.7. The van der Waals surface area contributed by atoms with E-state index in [4.69, 9.17) is 9.47 Å². The normalized spacial score (nSPS) is 50.2. The van der Waals surface area contributed by atoms with Crippen LogP contribution in [0.1, 0.15) is 86.0 Å². The summed E-state index contributed by atoms with van der Waals surface area (Å²) in [7, 11) is 0. The maximum absolute atomic E-state index is 13.4. The fourth-order valence-corrected chi connectivity index (χ4v) is 8.43. The highest BCUT2D eigenvalue weighted by Gasteiger charge is 2.75. The number of carbonyl (C=O) groups is 2. The van der Waals surface area contributed by atoms with Crippen molar-refractivity contribution in [2.24, 2.45) is 28.6 Å². The maximum atomic E-state index is 13.4. The highest BCUT2D eigenvalue weighted by Crippen LogP contribution is 2.70. The molecule has 0 aromatic heterocycles. The molecule has 1 heterocycles. The first-order valence-corrected chi connectivity index (χ1v) is 11.7. The summed E-state index contributed by atoms with van der Waals surface area (Å²) >= 11 is 0. The molecule has 160 valence electrons. The predicted octanol–water partition coefficient (Wildman–Crippen LogP) is 5.00. The van der Waals surface area contributed by atoms with Crippen molar-refractivity contribution >= 4 is 11.6 Å². The molecule has 4 nitrogen and oxygen atoms in total. The highest BCUT2D eigenvalue weighted by atomic mass is 16.8. The van der Waals surface area contributed by atoms with Gasteiger partial charge in [0, 0.05) is 18.3 Å². The van der Waals surface area contributed by atoms with E-state index in [1.165, 1.54) is 5.57 Å². The van der Waals surface area contributed by atoms with Crippen LogP contribution in [0.15, 0.2) is 11.6 Å². The molecule has 0 N–H and O–H groups in total. The van der Waals surface area contributed by atoms with Gasteiger partial charge in [-0.2, -0.15) is 0 Å². The molecule has 0 aromatic rings. The topological polar surface area (TPSA) is 52.6 Å². The fourth-order valence-electron chi connectivity index (χ4n) is 8.43. The van der Waals surface area contributed by atoms with Gasteiger partial charge in [-0.25, -0.2) is 0 Å². The first-order chi connectivity index (χ1) is 13.6. The Morgan fingerprint density at radius 2 is 1.86 bits per heavy atom. The second-order valence-electron chi connectivity index (χ2n) is 11.3. The molecule has 5 rings (SSSR count). The molecule has 0 radical (unpaired) electrons. The van der Waals surface area contributed by atoms with Crippen LogP contribution in [0.2, 0.25) is 0 Å². The molecule has 0 unspecified atom stereocenters. The van der Waals surface area contributed by atoms with E-state index in [-0.39, 0.29) is 22.7 Å². The molecule has 5 aliphatic rings. The van der Waals surface area contributed by atoms with Gasteiger partial charge < -0.3 is 9.47 Å². The van der Waals surface area contributed by atoms with E-state index in [0.29, 0.717) is 36.4 Å². The Kier molecular flexibility index (Phi) is 4.15. The largest absolute Gasteiger partial charge is 0.344 e. The van der Waals surface area contributed by atoms with Gasteiger partial charge in [0.2, 0.25) is 0 Å². The SMILES string of the molecule is CCC(=O)[C@@]12OC(C)(C)O[C@@H]1C[C@H]1[C@@H]3CCC4=CC(=O)CC[C@]4(C)[C@H]3CC[C@@]12C. The lowest BCUT2D eigenvalue weighted by molar-refractivity contribution is -0.214. The Morgan fingerprint density at radius 1 is 1.10 bits per heavy atom. The number of allylic oxidation sites excluding steroid dienone is 1. The Hall–Kier alpha value is -1.00. The van der Waals surface area contributed by atoms with Gasteiger partial charge >= 0.3 is 0 Å². The molecule has 1 aliphatic heterocycles. The van der Waals surface area contributed by atoms with Gasteiger partial charge in [0.05, 0.1) is 6.10 Å². The molecule has 7 atom stereocenters. The second kappa shape index (κ2) is 6.03. The number of rotatable bonds is 2. The van der Waals surface area contributed by atoms with Crippen molar-refractivity contribution in [3.8, 4) is 0 Å². The van der Waals surface area contributed by atoms with E-state index in [9.17, 15) is 9.59 Å². The van der Waals surface area contributed by atoms with Crippen LogP contribution in [0.25, 0.3) is 0 Å². The van der Waals surface area contributed by atoms with Crippen LogP contribution in [-0.2, 0) is 19.1 Å². The fraction of sp³-hybridized carbons (Fsp3) is 0.840. The minimum Gasteiger partial charge on any atom is -0.344 e. The minimum atomic E-state index is -0.791. The van der Waals surface area contributed by atoms with Gasteiger partial charge in [-0.1, -0.05) is 26.3 Å². The molecule has 0 bridgehead atoms. The van der Waals surface area contributed by atoms with Crippen molar-refractivity contribution in [3.63, 3.8) is 0 Å². The standard InChI is InChI=1S/C25H36O4/c1-6-20(27)25-21(28-22(2,3)29-25)14-19-17-8-7-15-13-16(26)9-11-23(15,4)18(17)10-12-24(19,25)5/h13,17-19,21H,6-12,14H2,1-5H3/t17-,18+,19+,21-,23+,24+,25-/m1/s1. The number of carbonyl (C=O) groups excluding carboxylic acids is 2. The molecular weight excluding hydrogens is 364 g/mol. The number of Topliss-reactive ketones (excluding diaryl/α,β-unsaturated/α-hetero) is 1. The zero-order chi connectivity index (χ0) is 20.8. The van der Waals surface area contributed by atoms with Crippen molar-refractivity contribution in [3.05, 3.63) is 11.6 Å². The lowest BCUT2D eigenvalue weighted by atomic mass is 9.46. The molecule has 29 heavy (non-hydrogen) atoms. The van der Waals surface area contributed by atoms with Gasteiger partial charge in [-0.3, -0.25) is 9.59 Å². The number of fused-ring (bicyclic) bond motifs is 7. The number of ether oxygens (including phenoxy) is 2. The average molecular weight is 401 g/mol. The molecule has 0 amide bonds. The highest BCUT2D eigenvalue weighted by molar-refractivity contribution is 5.92. The number of hydrogen-bond donors (Lipinski definition) is 0. The third-order valence-electron chi connectivity index (χ3n) is 9.69. The Labute approximate surface area is 174 Å². The number of hydrogen-bond acceptors (Lipinski definition) is 4. The zero-order valence-corrected chi connectivity index (χ0v) is 18.7. The van der Waals surface area contributed by atoms with E-state index in [2.05, 4.69) is 13.8 Å². The quantitative estimate of drug-likeness (QED) is 0.655. The van der Waals surface area contributed by atoms with Crippen LogP contribution >= 0.6 is 0 Å². The summed E-state index contributed by atoms with van der Waals surface area (Å²) in [5, 5.41) is 0. The lowest BCUT2D eigenvalue weighted by Gasteiger charge is -2.59. The molecule has 4 fully saturated rings. The Bertz CT molecular complexity index is 797. The van der Waals surface area contributed by atoms with Gasteiger partial charge in [-0.05, 0) is 81.6 Å². The summed E-state index contributed by atoms with van der Waals surface area (Å²) in [4.78, 5) is 25.5. The minimum absolute atomic E-state index is 0.128. The third-order valence-corrected chi connectivity index (χ3v) is 9.69. The molecule has 1 saturated heterocycles. The van der Waals surface area contributed by atoms with Gasteiger partial charge in [0.25, 0.3) is 0 Å². The van der Waals surface area contributed by atoms with Crippen LogP contribution in [0.3, 0.4) is 0 Å². The predicted molar refractivity (Wildman–Crippen MR) is 110 cm³/mol. The molecule has 4 heteroatoms. The number of ketones is 2. The van der Waals surface area contributed by atoms with Crippen molar-refractivity contribution in [1.29, 1.82) is 0 Å². The molecule has 0 aromatic carbocycles. The van der Waals surface area contributed by atoms with Gasteiger partial charge in [0.1, 0.15) is 0 Å². The molecule has 3 saturated carbocycles. The van der Waals surface area contributed by atoms with Crippen LogP contribution < -0.4 is 0 Å². The monoisotopic (exact) mass is 400 g/mol. The van der Waals surface area contributed by atoms with Crippen LogP contribution in [0.5, 0.6) is 0 Å². The first-order valence-electron chi connectivity index (χ1n) is 11.7. The van der Waals surface area contributed by atoms with Crippen molar-refractivity contribution in [2.45, 2.75) is 103 Å². The summed E-state index contributed by atoms with van der Waals surface area (Å²) in [5.41, 5.74) is 0.589. The van der Waals surface area contributed by atoms with E-state index in [1.54, 1.807) is 0 Å². The first kappa shape index (κ1) is 19.9. The smallest absolute Gasteiger partial charge is 0.167 e. The summed E-state index contributed by atoms with van der Waals surface area (Å²) in [6, 6.07) is 0. The van der Waals surface area contributed by atoms with Crippen LogP contribution in [0.4, 0.5) is 0 Å². The summed E-state index contributed by atoms with van der Waals surface area (Å²) in [5.74, 6) is 1.49. The second-order valence-corrected chi connectivity index (χ2v) is 11.3. The Morgan fingerprint density at radius 3 is 2.59 bits per heavy atom. The summed E-state index contributed by atoms with van der Waals surface area (Å²) in [6.45, 7) is 10.6. The Balaban J connectivity index is 1.54. The van der Waals surface area contributed by atoms with Gasteiger partial charge in [0.15, 0.2) is 23.0 Å². The lowest BCUT2D eigenvalue weighted by Crippen LogP contribution is -2.60. The summed E-state index contributed by atoms with van der Waals surface area (Å²) < 4.78 is 13.0. The van der Waals surface area contributed by atoms with Crippen molar-refractivity contribution in [2.75, 3.05) is 0 Å². The van der Waals surface area contributed by atoms with E-state index >= 15 is 0 Å². The third kappa shape index (κ3) is 2.39. The molecular formula is C25H36O4. The van der Waals surface area contributed by atoms with E-state index in [1.807, 2.05) is 26.8 Å². The summed E-state index contributed by atoms with van der Waals surface area (Å²) in [6.07, 6.45) is 9.24. The molecule has 4 aliphatic carbocycles. The van der Waals surface area contributed by atoms with Crippen LogP contribution in [0, 0.1) is 28.6 Å². The van der Waals surface area contributed by atoms with E-state index in [0.717, 1.165) is 38.5 Å². The van der Waals surface area contributed by atoms with Crippen molar-refractivity contribution < 1.29 is 19.1 Å². The average Bonchev–Trinajstić information content (AvgIpc) is 3.07.